The van der Waals surface area contributed by atoms with Gasteiger partial charge >= 0.3 is 0 Å². The van der Waals surface area contributed by atoms with Gasteiger partial charge in [-0.15, -0.1) is 0 Å². The number of nitrogens with zero attached hydrogens (tertiary/aromatic N) is 2. The fourth-order valence-corrected chi connectivity index (χ4v) is 3.33. The van der Waals surface area contributed by atoms with Crippen LogP contribution in [0.2, 0.25) is 0 Å². The quantitative estimate of drug-likeness (QED) is 0.433. The molecule has 0 amide bonds. The predicted molar refractivity (Wildman–Crippen MR) is 120 cm³/mol. The molecule has 2 aromatic rings. The van der Waals surface area contributed by atoms with Gasteiger partial charge in [0.15, 0.2) is 5.11 Å². The van der Waals surface area contributed by atoms with Crippen LogP contribution in [0, 0.1) is 20.8 Å². The first-order valence-electron chi connectivity index (χ1n) is 9.19. The summed E-state index contributed by atoms with van der Waals surface area (Å²) in [5.41, 5.74) is 1.07. The summed E-state index contributed by atoms with van der Waals surface area (Å²) in [4.78, 5) is 4.40. The van der Waals surface area contributed by atoms with Crippen LogP contribution in [0.3, 0.4) is 0 Å². The second-order valence-electron chi connectivity index (χ2n) is 6.22. The molecule has 0 radical (unpaired) electrons. The Morgan fingerprint density at radius 1 is 1.19 bits per heavy atom. The minimum atomic E-state index is 0.725. The van der Waals surface area contributed by atoms with E-state index in [-0.39, 0.29) is 0 Å². The number of rotatable bonds is 9. The Balaban J connectivity index is 0.00000114. The molecule has 0 fully saturated rings. The molecule has 0 saturated heterocycles. The number of thioether (sulfide) groups is 1. The summed E-state index contributed by atoms with van der Waals surface area (Å²) in [6.45, 7) is 8.70. The highest BCUT2D eigenvalue weighted by Crippen LogP contribution is 2.14. The zero-order valence-corrected chi connectivity index (χ0v) is 18.7. The number of aryl methyl sites for hydroxylation is 4. The van der Waals surface area contributed by atoms with E-state index < -0.39 is 0 Å². The third-order valence-electron chi connectivity index (χ3n) is 3.53. The highest BCUT2D eigenvalue weighted by atomic mass is 32.2. The molecule has 2 aromatic heterocycles. The Bertz CT molecular complexity index is 669. The fraction of sp³-hybridized carbons (Fsp3) is 0.579. The molecule has 0 aliphatic heterocycles. The minimum absolute atomic E-state index is 0.725. The lowest BCUT2D eigenvalue weighted by atomic mass is 10.4. The third kappa shape index (κ3) is 10.4. The van der Waals surface area contributed by atoms with Crippen LogP contribution in [0.4, 0.5) is 0 Å². The molecule has 3 N–H and O–H groups in total. The summed E-state index contributed by atoms with van der Waals surface area (Å²) < 4.78 is 7.72. The Labute approximate surface area is 172 Å². The van der Waals surface area contributed by atoms with Crippen molar-refractivity contribution in [2.24, 2.45) is 0 Å². The van der Waals surface area contributed by atoms with Gasteiger partial charge in [0.1, 0.15) is 17.3 Å². The van der Waals surface area contributed by atoms with E-state index in [1.54, 1.807) is 0 Å². The third-order valence-corrected chi connectivity index (χ3v) is 4.80. The van der Waals surface area contributed by atoms with Gasteiger partial charge < -0.3 is 24.9 Å². The van der Waals surface area contributed by atoms with Crippen molar-refractivity contribution in [3.05, 3.63) is 41.4 Å². The molecule has 152 valence electrons. The lowest BCUT2D eigenvalue weighted by Gasteiger charge is -2.10. The van der Waals surface area contributed by atoms with Crippen molar-refractivity contribution in [3.63, 3.8) is 0 Å². The molecular formula is C19H33N5OS2. The summed E-state index contributed by atoms with van der Waals surface area (Å²) in [7, 11) is 3.75. The van der Waals surface area contributed by atoms with E-state index in [2.05, 4.69) is 31.7 Å². The summed E-state index contributed by atoms with van der Waals surface area (Å²) in [6, 6.07) is 4.03. The Morgan fingerprint density at radius 3 is 2.48 bits per heavy atom. The molecular weight excluding hydrogens is 378 g/mol. The number of aromatic nitrogens is 2. The molecule has 0 unspecified atom stereocenters. The van der Waals surface area contributed by atoms with Gasteiger partial charge in [-0.2, -0.15) is 11.8 Å². The molecule has 8 heteroatoms. The smallest absolute Gasteiger partial charge is 0.166 e. The van der Waals surface area contributed by atoms with Gasteiger partial charge in [-0.25, -0.2) is 4.98 Å². The maximum atomic E-state index is 5.54. The minimum Gasteiger partial charge on any atom is -0.466 e. The molecule has 0 aromatic carbocycles. The van der Waals surface area contributed by atoms with Crippen LogP contribution in [0.5, 0.6) is 0 Å². The average molecular weight is 412 g/mol. The second-order valence-corrected chi connectivity index (χ2v) is 7.74. The van der Waals surface area contributed by atoms with Gasteiger partial charge in [-0.05, 0) is 65.6 Å². The molecule has 2 heterocycles. The van der Waals surface area contributed by atoms with Gasteiger partial charge in [0, 0.05) is 31.6 Å². The number of hydrogen-bond donors (Lipinski definition) is 3. The maximum absolute atomic E-state index is 5.54. The Morgan fingerprint density at radius 2 is 1.89 bits per heavy atom. The van der Waals surface area contributed by atoms with Crippen LogP contribution in [-0.4, -0.2) is 47.6 Å². The summed E-state index contributed by atoms with van der Waals surface area (Å²) in [5, 5.41) is 9.96. The first kappa shape index (κ1) is 23.5. The highest BCUT2D eigenvalue weighted by molar-refractivity contribution is 7.98. The zero-order chi connectivity index (χ0) is 20.1. The molecule has 6 nitrogen and oxygen atoms in total. The number of nitrogens with one attached hydrogen (secondary N) is 3. The van der Waals surface area contributed by atoms with Crippen LogP contribution in [0.25, 0.3) is 0 Å². The van der Waals surface area contributed by atoms with Gasteiger partial charge in [-0.3, -0.25) is 0 Å². The number of imidazole rings is 1. The molecule has 0 spiro atoms. The van der Waals surface area contributed by atoms with Crippen molar-refractivity contribution >= 4 is 29.1 Å². The molecule has 2 rings (SSSR count). The number of hydrogen-bond acceptors (Lipinski definition) is 5. The highest BCUT2D eigenvalue weighted by Gasteiger charge is 2.01. The maximum Gasteiger partial charge on any atom is 0.166 e. The second kappa shape index (κ2) is 13.6. The number of furan rings is 1. The van der Waals surface area contributed by atoms with Crippen LogP contribution in [-0.2, 0) is 12.3 Å². The standard InChI is InChI=1S/C17H26N4OS2.C2H7N/c1-13-11-21(15(3)20-13)9-4-7-18-17(23)19-8-10-24-12-16-6-5-14(2)22-16;1-3-2/h5-6,11H,4,7-10,12H2,1-3H3,(H2,18,19,23);3H,1-2H3. The molecule has 0 atom stereocenters. The van der Waals surface area contributed by atoms with E-state index in [1.165, 1.54) is 0 Å². The number of thiocarbonyl (C=S) groups is 1. The van der Waals surface area contributed by atoms with E-state index in [4.69, 9.17) is 16.6 Å². The van der Waals surface area contributed by atoms with Crippen molar-refractivity contribution in [3.8, 4) is 0 Å². The SMILES string of the molecule is CNC.Cc1cn(CCCNC(=S)NCCSCc2ccc(C)o2)c(C)n1. The van der Waals surface area contributed by atoms with E-state index in [1.807, 2.05) is 58.8 Å². The van der Waals surface area contributed by atoms with Crippen molar-refractivity contribution in [1.29, 1.82) is 0 Å². The van der Waals surface area contributed by atoms with Crippen molar-refractivity contribution in [2.75, 3.05) is 32.9 Å². The van der Waals surface area contributed by atoms with E-state index >= 15 is 0 Å². The van der Waals surface area contributed by atoms with E-state index in [9.17, 15) is 0 Å². The Hall–Kier alpha value is -1.51. The van der Waals surface area contributed by atoms with Gasteiger partial charge in [-0.1, -0.05) is 0 Å². The fourth-order valence-electron chi connectivity index (χ4n) is 2.38. The largest absolute Gasteiger partial charge is 0.466 e. The average Bonchev–Trinajstić information content (AvgIpc) is 3.16. The molecule has 0 aliphatic carbocycles. The van der Waals surface area contributed by atoms with Gasteiger partial charge in [0.05, 0.1) is 11.4 Å². The van der Waals surface area contributed by atoms with Crippen molar-refractivity contribution in [2.45, 2.75) is 39.5 Å². The lowest BCUT2D eigenvalue weighted by Crippen LogP contribution is -2.37. The lowest BCUT2D eigenvalue weighted by molar-refractivity contribution is 0.501. The summed E-state index contributed by atoms with van der Waals surface area (Å²) in [5.74, 6) is 4.96. The predicted octanol–water partition coefficient (Wildman–Crippen LogP) is 3.02. The normalized spacial score (nSPS) is 10.3. The van der Waals surface area contributed by atoms with Crippen molar-refractivity contribution in [1.82, 2.24) is 25.5 Å². The van der Waals surface area contributed by atoms with E-state index in [0.717, 1.165) is 65.7 Å². The van der Waals surface area contributed by atoms with E-state index in [0.29, 0.717) is 0 Å². The summed E-state index contributed by atoms with van der Waals surface area (Å²) in [6.07, 6.45) is 3.11. The van der Waals surface area contributed by atoms with Crippen molar-refractivity contribution < 1.29 is 4.42 Å². The van der Waals surface area contributed by atoms with Crippen LogP contribution in [0.15, 0.2) is 22.7 Å². The first-order chi connectivity index (χ1) is 13.0. The molecule has 0 aliphatic rings. The first-order valence-corrected chi connectivity index (χ1v) is 10.8. The van der Waals surface area contributed by atoms with Gasteiger partial charge in [0.25, 0.3) is 0 Å². The monoisotopic (exact) mass is 411 g/mol. The molecule has 27 heavy (non-hydrogen) atoms. The summed E-state index contributed by atoms with van der Waals surface area (Å²) >= 11 is 7.13. The molecule has 0 bridgehead atoms. The van der Waals surface area contributed by atoms with Crippen LogP contribution >= 0.6 is 24.0 Å². The van der Waals surface area contributed by atoms with Crippen LogP contribution in [0.1, 0.15) is 29.5 Å². The van der Waals surface area contributed by atoms with Gasteiger partial charge in [0.2, 0.25) is 0 Å². The zero-order valence-electron chi connectivity index (χ0n) is 17.1. The topological polar surface area (TPSA) is 67.1 Å². The molecule has 0 saturated carbocycles. The Kier molecular flexibility index (Phi) is 11.9. The van der Waals surface area contributed by atoms with Crippen LogP contribution < -0.4 is 16.0 Å².